The van der Waals surface area contributed by atoms with Crippen molar-refractivity contribution in [2.24, 2.45) is 0 Å². The van der Waals surface area contributed by atoms with Gasteiger partial charge in [-0.1, -0.05) is 6.42 Å². The average molecular weight is 458 g/mol. The van der Waals surface area contributed by atoms with Gasteiger partial charge in [0.05, 0.1) is 18.0 Å². The summed E-state index contributed by atoms with van der Waals surface area (Å²) in [4.78, 5) is 2.29. The maximum absolute atomic E-state index is 12.0. The molecule has 31 heavy (non-hydrogen) atoms. The number of nitrogens with zero attached hydrogens (tertiary/aromatic N) is 1. The van der Waals surface area contributed by atoms with Crippen LogP contribution in [-0.2, 0) is 19.5 Å². The summed E-state index contributed by atoms with van der Waals surface area (Å²) in [6, 6.07) is 8.45. The number of unbranched alkanes of at least 4 members (excludes halogenated alkanes) is 2. The summed E-state index contributed by atoms with van der Waals surface area (Å²) in [6.45, 7) is 15.0. The Labute approximate surface area is 189 Å². The number of ether oxygens (including phenoxy) is 2. The van der Waals surface area contributed by atoms with Gasteiger partial charge in [-0.15, -0.1) is 0 Å². The maximum Gasteiger partial charge on any atom is 0.216 e. The molecule has 1 rings (SSSR count). The smallest absolute Gasteiger partial charge is 0.216 e. The molecule has 0 atom stereocenters. The van der Waals surface area contributed by atoms with Gasteiger partial charge in [-0.3, -0.25) is 0 Å². The third-order valence-corrected chi connectivity index (χ3v) is 7.13. The molecule has 0 spiro atoms. The molecule has 0 aliphatic rings. The first-order chi connectivity index (χ1) is 14.7. The van der Waals surface area contributed by atoms with Crippen molar-refractivity contribution in [3.8, 4) is 0 Å². The van der Waals surface area contributed by atoms with Crippen molar-refractivity contribution in [1.29, 1.82) is 0 Å². The fourth-order valence-electron chi connectivity index (χ4n) is 2.88. The summed E-state index contributed by atoms with van der Waals surface area (Å²) >= 11 is 0. The van der Waals surface area contributed by atoms with Gasteiger partial charge >= 0.3 is 0 Å². The number of rotatable bonds is 17. The van der Waals surface area contributed by atoms with E-state index in [0.717, 1.165) is 63.5 Å². The van der Waals surface area contributed by atoms with Crippen LogP contribution in [0, 0.1) is 0 Å². The summed E-state index contributed by atoms with van der Waals surface area (Å²) in [5.74, 6) is 0. The quantitative estimate of drug-likeness (QED) is 0.346. The van der Waals surface area contributed by atoms with E-state index in [1.165, 1.54) is 0 Å². The Hall–Kier alpha value is -1.35. The van der Waals surface area contributed by atoms with Crippen LogP contribution in [0.25, 0.3) is 0 Å². The molecule has 180 valence electrons. The summed E-state index contributed by atoms with van der Waals surface area (Å²) < 4.78 is 37.0. The van der Waals surface area contributed by atoms with Crippen molar-refractivity contribution >= 4 is 21.4 Å². The van der Waals surface area contributed by atoms with E-state index in [0.29, 0.717) is 19.8 Å². The van der Waals surface area contributed by atoms with E-state index >= 15 is 0 Å². The van der Waals surface area contributed by atoms with Gasteiger partial charge in [0.1, 0.15) is 0 Å². The molecule has 0 saturated carbocycles. The lowest BCUT2D eigenvalue weighted by Crippen LogP contribution is -2.39. The zero-order chi connectivity index (χ0) is 23.2. The molecule has 0 aromatic heterocycles. The first kappa shape index (κ1) is 27.7. The number of hydrogen-bond donors (Lipinski definition) is 2. The summed E-state index contributed by atoms with van der Waals surface area (Å²) in [6.07, 6.45) is 2.80. The molecule has 0 radical (unpaired) electrons. The van der Waals surface area contributed by atoms with Crippen molar-refractivity contribution < 1.29 is 17.9 Å². The lowest BCUT2D eigenvalue weighted by Gasteiger charge is -2.25. The normalized spacial score (nSPS) is 12.2. The van der Waals surface area contributed by atoms with Crippen LogP contribution in [0.2, 0.25) is 0 Å². The molecule has 0 unspecified atom stereocenters. The zero-order valence-electron chi connectivity index (χ0n) is 20.1. The molecule has 1 aromatic rings. The van der Waals surface area contributed by atoms with Gasteiger partial charge in [-0.2, -0.15) is 0 Å². The van der Waals surface area contributed by atoms with Gasteiger partial charge < -0.3 is 19.7 Å². The largest absolute Gasteiger partial charge is 0.385 e. The van der Waals surface area contributed by atoms with E-state index in [1.807, 2.05) is 13.8 Å². The molecule has 7 nitrogen and oxygen atoms in total. The molecule has 2 N–H and O–H groups in total. The van der Waals surface area contributed by atoms with E-state index < -0.39 is 14.8 Å². The fraction of sp³-hybridized carbons (Fsp3) is 0.739. The van der Waals surface area contributed by atoms with Crippen LogP contribution in [0.15, 0.2) is 24.3 Å². The number of anilines is 2. The molecule has 0 heterocycles. The average Bonchev–Trinajstić information content (AvgIpc) is 2.72. The number of sulfonamides is 1. The second kappa shape index (κ2) is 14.7. The minimum absolute atomic E-state index is 0.494. The highest BCUT2D eigenvalue weighted by Crippen LogP contribution is 2.18. The second-order valence-electron chi connectivity index (χ2n) is 8.43. The first-order valence-corrected chi connectivity index (χ1v) is 12.9. The fourth-order valence-corrected chi connectivity index (χ4v) is 3.73. The Kier molecular flexibility index (Phi) is 13.1. The lowest BCUT2D eigenvalue weighted by atomic mass is 10.2. The molecule has 0 bridgehead atoms. The Morgan fingerprint density at radius 1 is 0.871 bits per heavy atom. The SMILES string of the molecule is CCOCCN(CCOCC)c1ccc(NCCCCCNS(=O)(=O)C(C)(C)C)cc1. The number of benzene rings is 1. The Bertz CT molecular complexity index is 678. The minimum atomic E-state index is -3.25. The molecular formula is C23H43N3O4S. The topological polar surface area (TPSA) is 79.9 Å². The van der Waals surface area contributed by atoms with Crippen LogP contribution in [0.1, 0.15) is 53.9 Å². The van der Waals surface area contributed by atoms with Gasteiger partial charge in [-0.05, 0) is 71.7 Å². The van der Waals surface area contributed by atoms with Crippen molar-refractivity contribution in [2.75, 3.05) is 62.8 Å². The molecule has 1 aromatic carbocycles. The van der Waals surface area contributed by atoms with Crippen LogP contribution in [0.3, 0.4) is 0 Å². The van der Waals surface area contributed by atoms with Crippen molar-refractivity contribution in [3.63, 3.8) is 0 Å². The molecule has 0 fully saturated rings. The Morgan fingerprint density at radius 3 is 1.94 bits per heavy atom. The van der Waals surface area contributed by atoms with Crippen LogP contribution in [0.4, 0.5) is 11.4 Å². The molecule has 0 amide bonds. The molecule has 8 heteroatoms. The molecular weight excluding hydrogens is 414 g/mol. The van der Waals surface area contributed by atoms with E-state index in [9.17, 15) is 8.42 Å². The minimum Gasteiger partial charge on any atom is -0.385 e. The van der Waals surface area contributed by atoms with Crippen molar-refractivity contribution in [1.82, 2.24) is 4.72 Å². The monoisotopic (exact) mass is 457 g/mol. The third kappa shape index (κ3) is 11.2. The Balaban J connectivity index is 2.35. The Morgan fingerprint density at radius 2 is 1.42 bits per heavy atom. The van der Waals surface area contributed by atoms with Crippen molar-refractivity contribution in [2.45, 2.75) is 58.6 Å². The highest BCUT2D eigenvalue weighted by molar-refractivity contribution is 7.90. The maximum atomic E-state index is 12.0. The number of nitrogens with one attached hydrogen (secondary N) is 2. The number of hydrogen-bond acceptors (Lipinski definition) is 6. The predicted octanol–water partition coefficient (Wildman–Crippen LogP) is 3.87. The first-order valence-electron chi connectivity index (χ1n) is 11.4. The van der Waals surface area contributed by atoms with Gasteiger partial charge in [-0.25, -0.2) is 13.1 Å². The lowest BCUT2D eigenvalue weighted by molar-refractivity contribution is 0.141. The molecule has 0 saturated heterocycles. The standard InChI is InChI=1S/C23H43N3O4S/c1-6-29-19-17-26(18-20-30-7-2)22-13-11-21(12-14-22)24-15-9-8-10-16-25-31(27,28)23(3,4)5/h11-14,24-25H,6-10,15-20H2,1-5H3. The van der Waals surface area contributed by atoms with E-state index in [-0.39, 0.29) is 0 Å². The molecule has 0 aliphatic carbocycles. The predicted molar refractivity (Wildman–Crippen MR) is 131 cm³/mol. The van der Waals surface area contributed by atoms with Gasteiger partial charge in [0, 0.05) is 50.8 Å². The van der Waals surface area contributed by atoms with Crippen molar-refractivity contribution in [3.05, 3.63) is 24.3 Å². The van der Waals surface area contributed by atoms with Crippen LogP contribution in [-0.4, -0.2) is 65.8 Å². The third-order valence-electron chi connectivity index (χ3n) is 4.93. The van der Waals surface area contributed by atoms with E-state index in [2.05, 4.69) is 39.2 Å². The highest BCUT2D eigenvalue weighted by atomic mass is 32.2. The van der Waals surface area contributed by atoms with Crippen LogP contribution < -0.4 is 14.9 Å². The highest BCUT2D eigenvalue weighted by Gasteiger charge is 2.27. The van der Waals surface area contributed by atoms with E-state index in [4.69, 9.17) is 9.47 Å². The van der Waals surface area contributed by atoms with Gasteiger partial charge in [0.15, 0.2) is 0 Å². The zero-order valence-corrected chi connectivity index (χ0v) is 20.9. The van der Waals surface area contributed by atoms with E-state index in [1.54, 1.807) is 20.8 Å². The summed E-state index contributed by atoms with van der Waals surface area (Å²) in [7, 11) is -3.25. The van der Waals surface area contributed by atoms with Gasteiger partial charge in [0.25, 0.3) is 0 Å². The molecule has 0 aliphatic heterocycles. The van der Waals surface area contributed by atoms with Gasteiger partial charge in [0.2, 0.25) is 10.0 Å². The second-order valence-corrected chi connectivity index (χ2v) is 10.9. The summed E-state index contributed by atoms with van der Waals surface area (Å²) in [5, 5.41) is 3.44. The summed E-state index contributed by atoms with van der Waals surface area (Å²) in [5.41, 5.74) is 2.25. The van der Waals surface area contributed by atoms with Crippen LogP contribution >= 0.6 is 0 Å². The van der Waals surface area contributed by atoms with Crippen LogP contribution in [0.5, 0.6) is 0 Å².